The Kier molecular flexibility index (Phi) is 4.30. The van der Waals surface area contributed by atoms with E-state index >= 15 is 0 Å². The highest BCUT2D eigenvalue weighted by molar-refractivity contribution is 9.10. The Hall–Kier alpha value is -1.65. The summed E-state index contributed by atoms with van der Waals surface area (Å²) in [6.45, 7) is 5.51. The number of hydrogen-bond acceptors (Lipinski definition) is 3. The van der Waals surface area contributed by atoms with Gasteiger partial charge in [-0.2, -0.15) is 0 Å². The number of carbonyl (C=O) groups excluding carboxylic acids is 2. The SMILES string of the molecule is C=CC1=CC[C@H]2C(=O)C(C)=CC(=O)[C@@]2(Br)[C@H]1c1ccc(O)cc1Cl. The van der Waals surface area contributed by atoms with E-state index in [0.29, 0.717) is 22.6 Å². The van der Waals surface area contributed by atoms with Gasteiger partial charge in [-0.25, -0.2) is 0 Å². The van der Waals surface area contributed by atoms with Crippen LogP contribution in [0.2, 0.25) is 5.02 Å². The van der Waals surface area contributed by atoms with E-state index in [2.05, 4.69) is 22.5 Å². The Morgan fingerprint density at radius 2 is 2.12 bits per heavy atom. The van der Waals surface area contributed by atoms with E-state index in [9.17, 15) is 14.7 Å². The molecular formula is C19H16BrClO3. The van der Waals surface area contributed by atoms with Crippen LogP contribution in [-0.2, 0) is 9.59 Å². The summed E-state index contributed by atoms with van der Waals surface area (Å²) in [5.41, 5.74) is 1.99. The lowest BCUT2D eigenvalue weighted by Crippen LogP contribution is -2.52. The number of aromatic hydroxyl groups is 1. The van der Waals surface area contributed by atoms with Crippen molar-refractivity contribution in [2.75, 3.05) is 0 Å². The summed E-state index contributed by atoms with van der Waals surface area (Å²) in [4.78, 5) is 25.5. The molecule has 0 unspecified atom stereocenters. The summed E-state index contributed by atoms with van der Waals surface area (Å²) in [5, 5.41) is 9.97. The smallest absolute Gasteiger partial charge is 0.174 e. The number of hydrogen-bond donors (Lipinski definition) is 1. The van der Waals surface area contributed by atoms with Crippen molar-refractivity contribution >= 4 is 39.1 Å². The predicted octanol–water partition coefficient (Wildman–Crippen LogP) is 4.49. The second kappa shape index (κ2) is 6.01. The lowest BCUT2D eigenvalue weighted by atomic mass is 9.63. The topological polar surface area (TPSA) is 54.4 Å². The third-order valence-electron chi connectivity index (χ3n) is 4.81. The van der Waals surface area contributed by atoms with Crippen molar-refractivity contribution in [1.82, 2.24) is 0 Å². The van der Waals surface area contributed by atoms with Crippen molar-refractivity contribution in [3.63, 3.8) is 0 Å². The first-order valence-electron chi connectivity index (χ1n) is 7.57. The third-order valence-corrected chi connectivity index (χ3v) is 6.54. The molecule has 24 heavy (non-hydrogen) atoms. The van der Waals surface area contributed by atoms with Gasteiger partial charge in [-0.3, -0.25) is 9.59 Å². The van der Waals surface area contributed by atoms with Crippen LogP contribution in [0, 0.1) is 5.92 Å². The summed E-state index contributed by atoms with van der Waals surface area (Å²) in [6.07, 6.45) is 5.50. The number of phenolic OH excluding ortho intramolecular Hbond substituents is 1. The Morgan fingerprint density at radius 1 is 1.42 bits per heavy atom. The molecular weight excluding hydrogens is 392 g/mol. The van der Waals surface area contributed by atoms with Crippen LogP contribution in [0.4, 0.5) is 0 Å². The molecule has 0 amide bonds. The minimum absolute atomic E-state index is 0.0364. The molecule has 0 saturated heterocycles. The second-order valence-electron chi connectivity index (χ2n) is 6.16. The number of allylic oxidation sites excluding steroid dienone is 5. The van der Waals surface area contributed by atoms with Crippen molar-refractivity contribution in [1.29, 1.82) is 0 Å². The number of phenols is 1. The maximum Gasteiger partial charge on any atom is 0.174 e. The Balaban J connectivity index is 2.26. The van der Waals surface area contributed by atoms with Crippen LogP contribution < -0.4 is 0 Å². The van der Waals surface area contributed by atoms with Gasteiger partial charge in [0.2, 0.25) is 0 Å². The van der Waals surface area contributed by atoms with Crippen LogP contribution in [0.25, 0.3) is 0 Å². The molecule has 0 saturated carbocycles. The zero-order valence-electron chi connectivity index (χ0n) is 13.1. The highest BCUT2D eigenvalue weighted by Crippen LogP contribution is 2.55. The molecule has 1 N–H and O–H groups in total. The minimum Gasteiger partial charge on any atom is -0.508 e. The molecule has 2 aliphatic carbocycles. The van der Waals surface area contributed by atoms with Crippen molar-refractivity contribution in [2.45, 2.75) is 23.6 Å². The largest absolute Gasteiger partial charge is 0.508 e. The lowest BCUT2D eigenvalue weighted by Gasteiger charge is -2.45. The quantitative estimate of drug-likeness (QED) is 0.735. The van der Waals surface area contributed by atoms with Crippen LogP contribution >= 0.6 is 27.5 Å². The fraction of sp³-hybridized carbons (Fsp3) is 0.263. The standard InChI is InChI=1S/C19H16BrClO3/c1-3-11-4-7-14-18(24)10(2)8-16(23)19(14,20)17(11)13-6-5-12(22)9-15(13)21/h3-6,8-9,14,17,22H,1,7H2,2H3/t14-,17+,19+/m0/s1. The molecule has 5 heteroatoms. The van der Waals surface area contributed by atoms with E-state index < -0.39 is 16.2 Å². The van der Waals surface area contributed by atoms with Gasteiger partial charge in [0.25, 0.3) is 0 Å². The fourth-order valence-corrected chi connectivity index (χ4v) is 4.91. The Morgan fingerprint density at radius 3 is 2.75 bits per heavy atom. The zero-order valence-corrected chi connectivity index (χ0v) is 15.4. The van der Waals surface area contributed by atoms with Crippen LogP contribution in [0.3, 0.4) is 0 Å². The van der Waals surface area contributed by atoms with Gasteiger partial charge in [0.15, 0.2) is 11.6 Å². The number of alkyl halides is 1. The molecule has 0 bridgehead atoms. The average Bonchev–Trinajstić information content (AvgIpc) is 2.53. The van der Waals surface area contributed by atoms with Crippen molar-refractivity contribution < 1.29 is 14.7 Å². The molecule has 0 radical (unpaired) electrons. The van der Waals surface area contributed by atoms with Crippen molar-refractivity contribution in [3.8, 4) is 5.75 Å². The van der Waals surface area contributed by atoms with E-state index in [0.717, 1.165) is 5.57 Å². The molecule has 124 valence electrons. The molecule has 3 atom stereocenters. The van der Waals surface area contributed by atoms with Gasteiger partial charge in [-0.15, -0.1) is 0 Å². The molecule has 3 nitrogen and oxygen atoms in total. The van der Waals surface area contributed by atoms with Crippen LogP contribution in [0.1, 0.15) is 24.8 Å². The van der Waals surface area contributed by atoms with Gasteiger partial charge in [-0.1, -0.05) is 52.3 Å². The number of ketones is 2. The van der Waals surface area contributed by atoms with Crippen molar-refractivity contribution in [3.05, 3.63) is 64.7 Å². The summed E-state index contributed by atoms with van der Waals surface area (Å²) >= 11 is 9.96. The first kappa shape index (κ1) is 17.2. The van der Waals surface area contributed by atoms with Gasteiger partial charge in [0, 0.05) is 16.9 Å². The molecule has 0 fully saturated rings. The number of benzene rings is 1. The van der Waals surface area contributed by atoms with E-state index in [1.807, 2.05) is 6.08 Å². The molecule has 0 spiro atoms. The summed E-state index contributed by atoms with van der Waals surface area (Å²) < 4.78 is -1.09. The maximum absolute atomic E-state index is 12.9. The second-order valence-corrected chi connectivity index (χ2v) is 7.88. The van der Waals surface area contributed by atoms with Crippen molar-refractivity contribution in [2.24, 2.45) is 5.92 Å². The normalized spacial score (nSPS) is 29.6. The first-order valence-corrected chi connectivity index (χ1v) is 8.74. The number of halogens is 2. The maximum atomic E-state index is 12.9. The van der Waals surface area contributed by atoms with Crippen LogP contribution in [0.15, 0.2) is 54.2 Å². The van der Waals surface area contributed by atoms with Gasteiger partial charge >= 0.3 is 0 Å². The lowest BCUT2D eigenvalue weighted by molar-refractivity contribution is -0.128. The van der Waals surface area contributed by atoms with E-state index in [4.69, 9.17) is 11.6 Å². The van der Waals surface area contributed by atoms with Gasteiger partial charge in [0.1, 0.15) is 10.1 Å². The molecule has 0 heterocycles. The van der Waals surface area contributed by atoms with Crippen LogP contribution in [-0.4, -0.2) is 21.0 Å². The third kappa shape index (κ3) is 2.40. The minimum atomic E-state index is -1.09. The molecule has 0 aliphatic heterocycles. The Labute approximate surface area is 153 Å². The summed E-state index contributed by atoms with van der Waals surface area (Å²) in [7, 11) is 0. The van der Waals surface area contributed by atoms with Gasteiger partial charge < -0.3 is 5.11 Å². The molecule has 2 aliphatic rings. The van der Waals surface area contributed by atoms with E-state index in [-0.39, 0.29) is 17.3 Å². The number of carbonyl (C=O) groups is 2. The predicted molar refractivity (Wildman–Crippen MR) is 97.7 cm³/mol. The Bertz CT molecular complexity index is 824. The summed E-state index contributed by atoms with van der Waals surface area (Å²) in [6, 6.07) is 4.65. The summed E-state index contributed by atoms with van der Waals surface area (Å²) in [5.74, 6) is -1.08. The number of fused-ring (bicyclic) bond motifs is 1. The molecule has 0 aromatic heterocycles. The molecule has 3 rings (SSSR count). The monoisotopic (exact) mass is 406 g/mol. The molecule has 1 aromatic rings. The fourth-order valence-electron chi connectivity index (χ4n) is 3.61. The van der Waals surface area contributed by atoms with E-state index in [1.165, 1.54) is 18.2 Å². The van der Waals surface area contributed by atoms with Crippen LogP contribution in [0.5, 0.6) is 5.75 Å². The van der Waals surface area contributed by atoms with E-state index in [1.54, 1.807) is 19.1 Å². The first-order chi connectivity index (χ1) is 11.3. The number of rotatable bonds is 2. The van der Waals surface area contributed by atoms with Gasteiger partial charge in [0.05, 0.1) is 0 Å². The highest BCUT2D eigenvalue weighted by Gasteiger charge is 2.56. The molecule has 1 aromatic carbocycles. The highest BCUT2D eigenvalue weighted by atomic mass is 79.9. The number of Topliss-reactive ketones (excluding diaryl/α,β-unsaturated/α-hetero) is 1. The zero-order chi connectivity index (χ0) is 17.6. The average molecular weight is 408 g/mol. The van der Waals surface area contributed by atoms with Gasteiger partial charge in [-0.05, 0) is 48.3 Å².